The van der Waals surface area contributed by atoms with E-state index < -0.39 is 0 Å². The van der Waals surface area contributed by atoms with E-state index >= 15 is 0 Å². The second kappa shape index (κ2) is 9.55. The van der Waals surface area contributed by atoms with E-state index in [-0.39, 0.29) is 0 Å². The number of methoxy groups -OCH3 is 1. The van der Waals surface area contributed by atoms with Crippen molar-refractivity contribution in [2.75, 3.05) is 7.11 Å². The summed E-state index contributed by atoms with van der Waals surface area (Å²) in [6.07, 6.45) is 0. The van der Waals surface area contributed by atoms with E-state index in [9.17, 15) is 0 Å². The monoisotopic (exact) mass is 378 g/mol. The summed E-state index contributed by atoms with van der Waals surface area (Å²) in [5, 5.41) is 15.0. The molecule has 28 heavy (non-hydrogen) atoms. The van der Waals surface area contributed by atoms with E-state index in [1.54, 1.807) is 7.11 Å². The van der Waals surface area contributed by atoms with Gasteiger partial charge in [0.2, 0.25) is 0 Å². The van der Waals surface area contributed by atoms with Gasteiger partial charge in [0, 0.05) is 13.6 Å². The number of hydrogen-bond donors (Lipinski definition) is 2. The molecule has 0 amide bonds. The number of aryl methyl sites for hydroxylation is 1. The largest absolute Gasteiger partial charge is 0.497 e. The Bertz CT molecular complexity index is 920. The summed E-state index contributed by atoms with van der Waals surface area (Å²) in [5.41, 5.74) is 2.27. The zero-order valence-electron chi connectivity index (χ0n) is 16.5. The summed E-state index contributed by atoms with van der Waals surface area (Å²) in [6.45, 7) is 3.69. The highest BCUT2D eigenvalue weighted by molar-refractivity contribution is 5.79. The van der Waals surface area contributed by atoms with E-state index in [0.29, 0.717) is 25.6 Å². The molecule has 1 aromatic heterocycles. The molecule has 0 saturated carbocycles. The maximum absolute atomic E-state index is 5.29. The van der Waals surface area contributed by atoms with Gasteiger partial charge in [0.05, 0.1) is 20.2 Å². The van der Waals surface area contributed by atoms with Crippen molar-refractivity contribution in [3.63, 3.8) is 0 Å². The Morgan fingerprint density at radius 3 is 2.46 bits per heavy atom. The minimum atomic E-state index is 0.538. The van der Waals surface area contributed by atoms with E-state index in [1.807, 2.05) is 61.0 Å². The topological polar surface area (TPSA) is 76.4 Å². The number of hydrogen-bond acceptors (Lipinski definition) is 4. The number of ether oxygens (including phenoxy) is 1. The Hall–Kier alpha value is -3.35. The summed E-state index contributed by atoms with van der Waals surface area (Å²) in [7, 11) is 3.62. The van der Waals surface area contributed by atoms with Crippen LogP contribution >= 0.6 is 0 Å². The second-order valence-electron chi connectivity index (χ2n) is 6.43. The van der Waals surface area contributed by atoms with Gasteiger partial charge in [0.25, 0.3) is 0 Å². The van der Waals surface area contributed by atoms with Crippen molar-refractivity contribution in [1.29, 1.82) is 0 Å². The fourth-order valence-electron chi connectivity index (χ4n) is 2.66. The number of rotatable bonds is 7. The molecule has 0 saturated heterocycles. The van der Waals surface area contributed by atoms with Crippen molar-refractivity contribution in [3.8, 4) is 5.75 Å². The molecule has 7 heteroatoms. The first-order valence-corrected chi connectivity index (χ1v) is 9.19. The molecule has 0 radical (unpaired) electrons. The summed E-state index contributed by atoms with van der Waals surface area (Å²) < 4.78 is 7.25. The van der Waals surface area contributed by atoms with E-state index in [0.717, 1.165) is 23.0 Å². The molecule has 0 spiro atoms. The lowest BCUT2D eigenvalue weighted by molar-refractivity contribution is 0.414. The van der Waals surface area contributed by atoms with Gasteiger partial charge in [-0.25, -0.2) is 4.99 Å². The van der Waals surface area contributed by atoms with Crippen LogP contribution in [0.2, 0.25) is 0 Å². The van der Waals surface area contributed by atoms with Gasteiger partial charge in [-0.2, -0.15) is 0 Å². The molecular formula is C21H26N6O. The minimum absolute atomic E-state index is 0.538. The fraction of sp³-hybridized carbons (Fsp3) is 0.286. The van der Waals surface area contributed by atoms with Crippen molar-refractivity contribution in [3.05, 3.63) is 77.4 Å². The van der Waals surface area contributed by atoms with Crippen LogP contribution in [0.3, 0.4) is 0 Å². The number of benzene rings is 2. The third kappa shape index (κ3) is 5.33. The Balaban J connectivity index is 1.69. The maximum Gasteiger partial charge on any atom is 0.192 e. The first-order chi connectivity index (χ1) is 13.7. The molecular weight excluding hydrogens is 352 g/mol. The van der Waals surface area contributed by atoms with Gasteiger partial charge in [-0.15, -0.1) is 10.2 Å². The summed E-state index contributed by atoms with van der Waals surface area (Å²) in [4.78, 5) is 4.72. The Labute approximate surface area is 165 Å². The van der Waals surface area contributed by atoms with Crippen LogP contribution in [0.25, 0.3) is 0 Å². The van der Waals surface area contributed by atoms with Gasteiger partial charge < -0.3 is 19.9 Å². The molecule has 0 atom stereocenters. The van der Waals surface area contributed by atoms with Gasteiger partial charge in [-0.3, -0.25) is 0 Å². The molecule has 0 aliphatic rings. The summed E-state index contributed by atoms with van der Waals surface area (Å²) >= 11 is 0. The minimum Gasteiger partial charge on any atom is -0.497 e. The Kier molecular flexibility index (Phi) is 6.62. The molecule has 7 nitrogen and oxygen atoms in total. The average Bonchev–Trinajstić information content (AvgIpc) is 3.06. The lowest BCUT2D eigenvalue weighted by Gasteiger charge is -2.13. The molecule has 2 aromatic carbocycles. The van der Waals surface area contributed by atoms with Crippen LogP contribution < -0.4 is 15.4 Å². The predicted molar refractivity (Wildman–Crippen MR) is 110 cm³/mol. The van der Waals surface area contributed by atoms with Crippen LogP contribution in [0.1, 0.15) is 22.8 Å². The molecule has 1 heterocycles. The van der Waals surface area contributed by atoms with Crippen LogP contribution in [0.4, 0.5) is 0 Å². The first kappa shape index (κ1) is 19.4. The zero-order valence-corrected chi connectivity index (χ0v) is 16.5. The molecule has 146 valence electrons. The predicted octanol–water partition coefficient (Wildman–Crippen LogP) is 2.57. The maximum atomic E-state index is 5.29. The standard InChI is InChI=1S/C21H26N6O/c1-16-25-26-20(27(16)2)15-24-21(22-13-17-8-5-4-6-9-17)23-14-18-10-7-11-19(12-18)28-3/h4-12H,13-15H2,1-3H3,(H2,22,23,24). The molecule has 0 unspecified atom stereocenters. The highest BCUT2D eigenvalue weighted by Gasteiger charge is 2.06. The van der Waals surface area contributed by atoms with Gasteiger partial charge in [0.1, 0.15) is 11.6 Å². The molecule has 2 N–H and O–H groups in total. The van der Waals surface area contributed by atoms with Crippen molar-refractivity contribution < 1.29 is 4.74 Å². The summed E-state index contributed by atoms with van der Waals surface area (Å²) in [6, 6.07) is 18.2. The normalized spacial score (nSPS) is 11.3. The van der Waals surface area contributed by atoms with Gasteiger partial charge >= 0.3 is 0 Å². The zero-order chi connectivity index (χ0) is 19.8. The Morgan fingerprint density at radius 1 is 1.00 bits per heavy atom. The average molecular weight is 378 g/mol. The number of aromatic nitrogens is 3. The van der Waals surface area contributed by atoms with Gasteiger partial charge in [0.15, 0.2) is 11.8 Å². The van der Waals surface area contributed by atoms with Crippen molar-refractivity contribution in [2.24, 2.45) is 12.0 Å². The molecule has 0 bridgehead atoms. The van der Waals surface area contributed by atoms with Crippen LogP contribution in [-0.4, -0.2) is 27.8 Å². The number of nitrogens with zero attached hydrogens (tertiary/aromatic N) is 4. The molecule has 3 aromatic rings. The smallest absolute Gasteiger partial charge is 0.192 e. The van der Waals surface area contributed by atoms with Crippen LogP contribution in [0.5, 0.6) is 5.75 Å². The highest BCUT2D eigenvalue weighted by Crippen LogP contribution is 2.13. The second-order valence-corrected chi connectivity index (χ2v) is 6.43. The number of guanidine groups is 1. The summed E-state index contributed by atoms with van der Waals surface area (Å²) in [5.74, 6) is 3.28. The van der Waals surface area contributed by atoms with Crippen LogP contribution in [-0.2, 0) is 26.7 Å². The van der Waals surface area contributed by atoms with E-state index in [2.05, 4.69) is 33.0 Å². The van der Waals surface area contributed by atoms with E-state index in [4.69, 9.17) is 9.73 Å². The van der Waals surface area contributed by atoms with Crippen LogP contribution in [0.15, 0.2) is 59.6 Å². The Morgan fingerprint density at radius 2 is 1.75 bits per heavy atom. The van der Waals surface area contributed by atoms with Crippen molar-refractivity contribution in [2.45, 2.75) is 26.6 Å². The molecule has 0 aliphatic heterocycles. The van der Waals surface area contributed by atoms with Gasteiger partial charge in [-0.05, 0) is 30.2 Å². The van der Waals surface area contributed by atoms with Crippen LogP contribution in [0, 0.1) is 6.92 Å². The third-order valence-corrected chi connectivity index (χ3v) is 4.45. The lowest BCUT2D eigenvalue weighted by atomic mass is 10.2. The lowest BCUT2D eigenvalue weighted by Crippen LogP contribution is -2.37. The third-order valence-electron chi connectivity index (χ3n) is 4.45. The number of aliphatic imine (C=N–C) groups is 1. The fourth-order valence-corrected chi connectivity index (χ4v) is 2.66. The quantitative estimate of drug-likeness (QED) is 0.488. The van der Waals surface area contributed by atoms with Gasteiger partial charge in [-0.1, -0.05) is 42.5 Å². The molecule has 3 rings (SSSR count). The molecule has 0 fully saturated rings. The van der Waals surface area contributed by atoms with E-state index in [1.165, 1.54) is 5.56 Å². The molecule has 0 aliphatic carbocycles. The first-order valence-electron chi connectivity index (χ1n) is 9.19. The van der Waals surface area contributed by atoms with Crippen molar-refractivity contribution in [1.82, 2.24) is 25.4 Å². The SMILES string of the molecule is COc1cccc(CN=C(NCc2ccccc2)NCc2nnc(C)n2C)c1. The van der Waals surface area contributed by atoms with Crippen molar-refractivity contribution >= 4 is 5.96 Å². The number of nitrogens with one attached hydrogen (secondary N) is 2. The highest BCUT2D eigenvalue weighted by atomic mass is 16.5.